The molecule has 0 heterocycles. The molecular formula is C17H16Br2Ti. The van der Waals surface area contributed by atoms with Crippen LogP contribution in [0.15, 0.2) is 60.7 Å². The van der Waals surface area contributed by atoms with Crippen molar-refractivity contribution in [3.63, 3.8) is 0 Å². The first-order valence-electron chi connectivity index (χ1n) is 5.56. The van der Waals surface area contributed by atoms with Crippen molar-refractivity contribution in [2.45, 2.75) is 6.92 Å². The smallest absolute Gasteiger partial charge is 1.00 e. The molecule has 0 saturated carbocycles. The number of rotatable bonds is 1. The van der Waals surface area contributed by atoms with Gasteiger partial charge in [-0.1, -0.05) is 48.9 Å². The number of aryl methyl sites for hydroxylation is 1. The van der Waals surface area contributed by atoms with Gasteiger partial charge >= 0.3 is 21.7 Å². The third-order valence-electron chi connectivity index (χ3n) is 2.98. The molecular weight excluding hydrogens is 412 g/mol. The molecule has 0 fully saturated rings. The predicted molar refractivity (Wildman–Crippen MR) is 76.1 cm³/mol. The Morgan fingerprint density at radius 1 is 0.850 bits per heavy atom. The maximum absolute atomic E-state index is 2.26. The summed E-state index contributed by atoms with van der Waals surface area (Å²) in [6, 6.07) is 21.6. The molecule has 3 heteroatoms. The molecule has 0 nitrogen and oxygen atoms in total. The first-order valence-corrected chi connectivity index (χ1v) is 5.56. The van der Waals surface area contributed by atoms with Crippen LogP contribution in [-0.2, 0) is 21.7 Å². The standard InChI is InChI=1S/C16H13.CH3.2BrH.Ti/c1-12-10-14-8-5-9-15(16(14)11-12)13-6-3-2-4-7-13;;;;/h2-11H,1H3;1H3;2*1H;/q2*-1;;;+4/p-2. The molecule has 102 valence electrons. The van der Waals surface area contributed by atoms with Gasteiger partial charge in [0.25, 0.3) is 0 Å². The summed E-state index contributed by atoms with van der Waals surface area (Å²) in [5.74, 6) is 0. The van der Waals surface area contributed by atoms with Crippen LogP contribution in [0, 0.1) is 14.4 Å². The second-order valence-corrected chi connectivity index (χ2v) is 4.21. The molecule has 0 aliphatic rings. The zero-order valence-corrected chi connectivity index (χ0v) is 16.3. The summed E-state index contributed by atoms with van der Waals surface area (Å²) in [7, 11) is 0. The molecule has 0 unspecified atom stereocenters. The van der Waals surface area contributed by atoms with Gasteiger partial charge in [0.05, 0.1) is 0 Å². The van der Waals surface area contributed by atoms with E-state index in [4.69, 9.17) is 0 Å². The summed E-state index contributed by atoms with van der Waals surface area (Å²) >= 11 is 0. The van der Waals surface area contributed by atoms with E-state index >= 15 is 0 Å². The minimum atomic E-state index is 0. The molecule has 0 aliphatic heterocycles. The van der Waals surface area contributed by atoms with E-state index in [9.17, 15) is 0 Å². The molecule has 0 saturated heterocycles. The van der Waals surface area contributed by atoms with Gasteiger partial charge in [0.2, 0.25) is 0 Å². The van der Waals surface area contributed by atoms with Crippen LogP contribution < -0.4 is 34.0 Å². The average molecular weight is 428 g/mol. The van der Waals surface area contributed by atoms with E-state index in [2.05, 4.69) is 67.6 Å². The van der Waals surface area contributed by atoms with Crippen LogP contribution in [0.4, 0.5) is 0 Å². The van der Waals surface area contributed by atoms with Gasteiger partial charge < -0.3 is 41.4 Å². The van der Waals surface area contributed by atoms with E-state index < -0.39 is 0 Å². The van der Waals surface area contributed by atoms with Crippen molar-refractivity contribution in [2.24, 2.45) is 0 Å². The van der Waals surface area contributed by atoms with Gasteiger partial charge in [0, 0.05) is 0 Å². The Labute approximate surface area is 157 Å². The molecule has 3 aromatic rings. The van der Waals surface area contributed by atoms with Crippen molar-refractivity contribution in [1.82, 2.24) is 0 Å². The zero-order chi connectivity index (χ0) is 11.0. The molecule has 3 rings (SSSR count). The third-order valence-corrected chi connectivity index (χ3v) is 2.98. The summed E-state index contributed by atoms with van der Waals surface area (Å²) in [5.41, 5.74) is 3.95. The Bertz CT molecular complexity index is 630. The van der Waals surface area contributed by atoms with Crippen LogP contribution in [0.3, 0.4) is 0 Å². The van der Waals surface area contributed by atoms with Crippen molar-refractivity contribution in [3.8, 4) is 11.1 Å². The van der Waals surface area contributed by atoms with E-state index in [1.165, 1.54) is 27.5 Å². The maximum Gasteiger partial charge on any atom is 4.00 e. The van der Waals surface area contributed by atoms with E-state index in [1.54, 1.807) is 0 Å². The summed E-state index contributed by atoms with van der Waals surface area (Å²) in [6.45, 7) is 2.15. The van der Waals surface area contributed by atoms with Gasteiger partial charge in [0.15, 0.2) is 0 Å². The van der Waals surface area contributed by atoms with E-state index in [0.717, 1.165) is 0 Å². The average Bonchev–Trinajstić information content (AvgIpc) is 2.70. The molecule has 0 aromatic heterocycles. The van der Waals surface area contributed by atoms with Gasteiger partial charge in [-0.05, 0) is 5.56 Å². The summed E-state index contributed by atoms with van der Waals surface area (Å²) in [4.78, 5) is 0. The normalized spacial score (nSPS) is 8.65. The molecule has 0 N–H and O–H groups in total. The minimum Gasteiger partial charge on any atom is -1.00 e. The molecule has 0 aliphatic carbocycles. The van der Waals surface area contributed by atoms with Crippen molar-refractivity contribution in [1.29, 1.82) is 0 Å². The first kappa shape index (κ1) is 22.0. The quantitative estimate of drug-likeness (QED) is 0.345. The minimum absolute atomic E-state index is 0. The van der Waals surface area contributed by atoms with Crippen LogP contribution in [-0.4, -0.2) is 0 Å². The fourth-order valence-electron chi connectivity index (χ4n) is 2.25. The van der Waals surface area contributed by atoms with Crippen LogP contribution in [0.25, 0.3) is 21.9 Å². The monoisotopic (exact) mass is 426 g/mol. The van der Waals surface area contributed by atoms with Crippen LogP contribution >= 0.6 is 0 Å². The Balaban J connectivity index is 0. The SMILES string of the molecule is Cc1cc2c(-c3ccccc3)cccc2[cH-]1.[Br-].[Br-].[CH3-].[Ti+4]. The molecule has 0 atom stereocenters. The van der Waals surface area contributed by atoms with E-state index in [-0.39, 0.29) is 63.1 Å². The second-order valence-electron chi connectivity index (χ2n) is 4.21. The maximum atomic E-state index is 2.26. The van der Waals surface area contributed by atoms with Gasteiger partial charge in [-0.15, -0.1) is 34.5 Å². The number of halogens is 2. The van der Waals surface area contributed by atoms with Crippen molar-refractivity contribution >= 4 is 10.8 Å². The number of fused-ring (bicyclic) bond motifs is 1. The number of hydrogen-bond donors (Lipinski definition) is 0. The van der Waals surface area contributed by atoms with Crippen molar-refractivity contribution in [3.05, 3.63) is 73.7 Å². The Hall–Kier alpha value is -0.276. The molecule has 3 aromatic carbocycles. The first-order chi connectivity index (χ1) is 7.84. The van der Waals surface area contributed by atoms with E-state index in [0.29, 0.717) is 0 Å². The van der Waals surface area contributed by atoms with Gasteiger partial charge in [-0.2, -0.15) is 6.07 Å². The van der Waals surface area contributed by atoms with Crippen molar-refractivity contribution in [2.75, 3.05) is 0 Å². The van der Waals surface area contributed by atoms with Crippen LogP contribution in [0.5, 0.6) is 0 Å². The third kappa shape index (κ3) is 4.36. The number of hydrogen-bond acceptors (Lipinski definition) is 0. The Kier molecular flexibility index (Phi) is 10.6. The second kappa shape index (κ2) is 9.62. The largest absolute Gasteiger partial charge is 4.00 e. The van der Waals surface area contributed by atoms with Crippen molar-refractivity contribution < 1.29 is 55.7 Å². The number of benzene rings is 2. The van der Waals surface area contributed by atoms with Crippen LogP contribution in [0.1, 0.15) is 5.56 Å². The molecule has 0 spiro atoms. The fraction of sp³-hybridized carbons (Fsp3) is 0.0588. The molecule has 0 bridgehead atoms. The summed E-state index contributed by atoms with van der Waals surface area (Å²) in [6.07, 6.45) is 0. The zero-order valence-electron chi connectivity index (χ0n) is 11.5. The topological polar surface area (TPSA) is 0 Å². The van der Waals surface area contributed by atoms with Gasteiger partial charge in [-0.25, -0.2) is 0 Å². The van der Waals surface area contributed by atoms with Gasteiger partial charge in [-0.3, -0.25) is 0 Å². The van der Waals surface area contributed by atoms with Crippen LogP contribution in [0.2, 0.25) is 0 Å². The van der Waals surface area contributed by atoms with E-state index in [1.807, 2.05) is 0 Å². The molecule has 20 heavy (non-hydrogen) atoms. The molecule has 0 radical (unpaired) electrons. The summed E-state index contributed by atoms with van der Waals surface area (Å²) < 4.78 is 0. The fourth-order valence-corrected chi connectivity index (χ4v) is 2.25. The molecule has 0 amide bonds. The van der Waals surface area contributed by atoms with Gasteiger partial charge in [0.1, 0.15) is 0 Å². The predicted octanol–water partition coefficient (Wildman–Crippen LogP) is -1.01. The Morgan fingerprint density at radius 2 is 1.50 bits per heavy atom. The Morgan fingerprint density at radius 3 is 2.15 bits per heavy atom. The summed E-state index contributed by atoms with van der Waals surface area (Å²) in [5, 5.41) is 2.69.